The number of likely N-dealkylation sites (tertiary alicyclic amines) is 1. The van der Waals surface area contributed by atoms with Crippen LogP contribution < -0.4 is 10.6 Å². The summed E-state index contributed by atoms with van der Waals surface area (Å²) in [5, 5.41) is 14.3. The summed E-state index contributed by atoms with van der Waals surface area (Å²) < 4.78 is 54.8. The van der Waals surface area contributed by atoms with Gasteiger partial charge in [-0.25, -0.2) is 9.97 Å². The smallest absolute Gasteiger partial charge is 0.389 e. The van der Waals surface area contributed by atoms with Gasteiger partial charge in [0.25, 0.3) is 11.8 Å². The lowest BCUT2D eigenvalue weighted by molar-refractivity contribution is -0.138. The Morgan fingerprint density at radius 1 is 1.40 bits per heavy atom. The van der Waals surface area contributed by atoms with E-state index in [-0.39, 0.29) is 22.6 Å². The molecule has 0 spiro atoms. The summed E-state index contributed by atoms with van der Waals surface area (Å²) in [6.45, 7) is 4.93. The zero-order chi connectivity index (χ0) is 27.9. The number of aromatic nitrogens is 2. The number of alkyl halides is 3. The number of carbonyl (C=O) groups is 2. The van der Waals surface area contributed by atoms with Gasteiger partial charge in [-0.05, 0) is 59.1 Å². The van der Waals surface area contributed by atoms with E-state index < -0.39 is 36.1 Å². The number of rotatable bonds is 7. The Morgan fingerprint density at radius 3 is 2.63 bits per heavy atom. The predicted octanol–water partition coefficient (Wildman–Crippen LogP) is 4.00. The number of pyridine rings is 1. The van der Waals surface area contributed by atoms with Crippen molar-refractivity contribution in [2.24, 2.45) is 0 Å². The third kappa shape index (κ3) is 6.49. The first kappa shape index (κ1) is 24.0. The van der Waals surface area contributed by atoms with E-state index >= 15 is 0 Å². The number of amides is 2. The van der Waals surface area contributed by atoms with E-state index in [0.29, 0.717) is 22.5 Å². The molecule has 35 heavy (non-hydrogen) atoms. The Balaban J connectivity index is 2.03. The molecule has 3 heterocycles. The summed E-state index contributed by atoms with van der Waals surface area (Å²) >= 11 is 0.839. The zero-order valence-electron chi connectivity index (χ0n) is 22.1. The summed E-state index contributed by atoms with van der Waals surface area (Å²) in [6, 6.07) is -0.460. The lowest BCUT2D eigenvalue weighted by Gasteiger charge is -2.21. The van der Waals surface area contributed by atoms with Gasteiger partial charge in [0.2, 0.25) is 0 Å². The molecule has 3 N–H and O–H groups in total. The van der Waals surface area contributed by atoms with Crippen LogP contribution in [0.2, 0.25) is 0 Å². The highest BCUT2D eigenvalue weighted by molar-refractivity contribution is 7.17. The lowest BCUT2D eigenvalue weighted by atomic mass is 10.1. The molecule has 8 nitrogen and oxygen atoms in total. The number of aryl methyl sites for hydroxylation is 1. The minimum atomic E-state index is -4.46. The van der Waals surface area contributed by atoms with Crippen LogP contribution in [0.1, 0.15) is 69.1 Å². The van der Waals surface area contributed by atoms with Crippen LogP contribution in [0.5, 0.6) is 0 Å². The first-order chi connectivity index (χ1) is 16.9. The van der Waals surface area contributed by atoms with Crippen LogP contribution in [-0.2, 0) is 0 Å². The molecule has 12 heteroatoms. The van der Waals surface area contributed by atoms with Crippen LogP contribution in [0, 0.1) is 6.92 Å². The van der Waals surface area contributed by atoms with Crippen molar-refractivity contribution < 1.29 is 30.6 Å². The molecule has 0 aliphatic carbocycles. The fraction of sp³-hybridized carbons (Fsp3) is 0.565. The second-order valence-corrected chi connectivity index (χ2v) is 10.1. The fourth-order valence-corrected chi connectivity index (χ4v) is 4.58. The molecule has 0 aromatic carbocycles. The maximum atomic E-state index is 13.4. The highest BCUT2D eigenvalue weighted by Gasteiger charge is 2.36. The number of carbonyl (C=O) groups excluding carboxylic acids is 2. The first-order valence-electron chi connectivity index (χ1n) is 12.1. The minimum absolute atomic E-state index is 0.00651. The summed E-state index contributed by atoms with van der Waals surface area (Å²) in [7, 11) is 0. The Kier molecular flexibility index (Phi) is 6.92. The van der Waals surface area contributed by atoms with E-state index in [1.807, 2.05) is 6.92 Å². The van der Waals surface area contributed by atoms with Gasteiger partial charge < -0.3 is 20.6 Å². The second kappa shape index (κ2) is 10.1. The average Bonchev–Trinajstić information content (AvgIpc) is 3.38. The first-order valence-corrected chi connectivity index (χ1v) is 11.9. The molecule has 1 fully saturated rings. The number of aliphatic hydroxyl groups is 1. The Hall–Kier alpha value is -2.73. The van der Waals surface area contributed by atoms with Gasteiger partial charge in [0.15, 0.2) is 5.01 Å². The maximum absolute atomic E-state index is 13.4. The molecular weight excluding hydrogens is 483 g/mol. The zero-order valence-corrected chi connectivity index (χ0v) is 20.9. The molecule has 2 amide bonds. The van der Waals surface area contributed by atoms with Crippen molar-refractivity contribution in [3.63, 3.8) is 0 Å². The number of nitrogens with one attached hydrogen (secondary N) is 2. The molecule has 1 aliphatic heterocycles. The average molecular weight is 516 g/mol. The number of thiazole rings is 1. The molecular formula is C23H30F3N5O3S. The summed E-state index contributed by atoms with van der Waals surface area (Å²) in [6.07, 6.45) is -1.53. The molecule has 2 aromatic heterocycles. The van der Waals surface area contributed by atoms with Crippen LogP contribution in [0.15, 0.2) is 12.3 Å². The van der Waals surface area contributed by atoms with E-state index in [0.717, 1.165) is 31.1 Å². The van der Waals surface area contributed by atoms with Crippen LogP contribution in [0.3, 0.4) is 0 Å². The molecule has 2 aromatic rings. The van der Waals surface area contributed by atoms with Crippen molar-refractivity contribution in [3.8, 4) is 10.4 Å². The summed E-state index contributed by atoms with van der Waals surface area (Å²) in [5.74, 6) is -1.34. The van der Waals surface area contributed by atoms with Gasteiger partial charge in [0.1, 0.15) is 17.6 Å². The number of hydrogen-bond donors (Lipinski definition) is 3. The van der Waals surface area contributed by atoms with Crippen LogP contribution in [-0.4, -0.2) is 68.7 Å². The van der Waals surface area contributed by atoms with Gasteiger partial charge in [0.05, 0.1) is 13.2 Å². The van der Waals surface area contributed by atoms with Crippen LogP contribution in [0.4, 0.5) is 19.0 Å². The van der Waals surface area contributed by atoms with Gasteiger partial charge in [0, 0.05) is 30.8 Å². The summed E-state index contributed by atoms with van der Waals surface area (Å²) in [4.78, 5) is 36.6. The molecule has 0 unspecified atom stereocenters. The molecule has 1 aliphatic rings. The molecule has 0 bridgehead atoms. The van der Waals surface area contributed by atoms with Gasteiger partial charge in [-0.1, -0.05) is 0 Å². The fourth-order valence-electron chi connectivity index (χ4n) is 3.56. The normalized spacial score (nSPS) is 18.7. The topological polar surface area (TPSA) is 107 Å². The molecule has 3 rings (SSSR count). The number of anilines is 1. The third-order valence-corrected chi connectivity index (χ3v) is 6.62. The molecule has 192 valence electrons. The Bertz CT molecular complexity index is 1180. The minimum Gasteiger partial charge on any atom is -0.389 e. The third-order valence-electron chi connectivity index (χ3n) is 5.53. The lowest BCUT2D eigenvalue weighted by Crippen LogP contribution is -2.38. The van der Waals surface area contributed by atoms with Crippen molar-refractivity contribution in [2.75, 3.05) is 18.4 Å². The van der Waals surface area contributed by atoms with E-state index in [4.69, 9.17) is 2.74 Å². The Labute approximate surface area is 208 Å². The van der Waals surface area contributed by atoms with Crippen molar-refractivity contribution >= 4 is 29.0 Å². The standard InChI is InChI=1S/C23H30F3N5O3S/c1-12-9-16(29-14(3)23(24,25)26)27-10-15(12)18-17(21(33)31-8-6-7-13(31)2)30-20(35-18)19(32)28-11-22(4,5)34/h9-10,13-14,34H,6-8,11H2,1-5H3,(H,27,29)(H,28,32)/t13-,14-/m0/s1/i11D2. The summed E-state index contributed by atoms with van der Waals surface area (Å²) in [5.41, 5.74) is -1.02. The van der Waals surface area contributed by atoms with Crippen molar-refractivity contribution in [1.29, 1.82) is 0 Å². The van der Waals surface area contributed by atoms with E-state index in [9.17, 15) is 27.9 Å². The molecule has 0 saturated carbocycles. The van der Waals surface area contributed by atoms with E-state index in [2.05, 4.69) is 20.6 Å². The Morgan fingerprint density at radius 2 is 2.09 bits per heavy atom. The molecule has 1 saturated heterocycles. The predicted molar refractivity (Wildman–Crippen MR) is 128 cm³/mol. The quantitative estimate of drug-likeness (QED) is 0.515. The van der Waals surface area contributed by atoms with Crippen LogP contribution in [0.25, 0.3) is 10.4 Å². The largest absolute Gasteiger partial charge is 0.408 e. The number of nitrogens with zero attached hydrogens (tertiary/aromatic N) is 3. The molecule has 2 atom stereocenters. The van der Waals surface area contributed by atoms with Gasteiger partial charge >= 0.3 is 6.18 Å². The SMILES string of the molecule is [2H]C([2H])(NC(=O)c1nc(C(=O)N2CCC[C@@H]2C)c(-c2cnc(N[C@@H](C)C(F)(F)F)cc2C)s1)C(C)(C)O. The van der Waals surface area contributed by atoms with Gasteiger partial charge in [-0.2, -0.15) is 13.2 Å². The number of hydrogen-bond acceptors (Lipinski definition) is 7. The number of halogens is 3. The van der Waals surface area contributed by atoms with Crippen molar-refractivity contribution in [3.05, 3.63) is 28.5 Å². The van der Waals surface area contributed by atoms with Crippen LogP contribution >= 0.6 is 11.3 Å². The van der Waals surface area contributed by atoms with Crippen molar-refractivity contribution in [1.82, 2.24) is 20.2 Å². The van der Waals surface area contributed by atoms with E-state index in [1.165, 1.54) is 26.1 Å². The van der Waals surface area contributed by atoms with E-state index in [1.54, 1.807) is 11.8 Å². The molecule has 0 radical (unpaired) electrons. The monoisotopic (exact) mass is 515 g/mol. The van der Waals surface area contributed by atoms with Gasteiger partial charge in [-0.3, -0.25) is 9.59 Å². The van der Waals surface area contributed by atoms with Crippen molar-refractivity contribution in [2.45, 2.75) is 71.3 Å². The second-order valence-electron chi connectivity index (χ2n) is 9.12. The maximum Gasteiger partial charge on any atom is 0.408 e. The highest BCUT2D eigenvalue weighted by Crippen LogP contribution is 2.35. The highest BCUT2D eigenvalue weighted by atomic mass is 32.1. The van der Waals surface area contributed by atoms with Gasteiger partial charge in [-0.15, -0.1) is 11.3 Å².